The average Bonchev–Trinajstić information content (AvgIpc) is 2.70. The van der Waals surface area contributed by atoms with Gasteiger partial charge in [-0.15, -0.1) is 0 Å². The Morgan fingerprint density at radius 2 is 1.79 bits per heavy atom. The lowest BCUT2D eigenvalue weighted by Crippen LogP contribution is -2.41. The summed E-state index contributed by atoms with van der Waals surface area (Å²) in [5.74, 6) is 0.833. The van der Waals surface area contributed by atoms with Crippen molar-refractivity contribution >= 4 is 21.6 Å². The Morgan fingerprint density at radius 3 is 2.46 bits per heavy atom. The minimum Gasteiger partial charge on any atom is -0.497 e. The molecule has 0 radical (unpaired) electrons. The van der Waals surface area contributed by atoms with Gasteiger partial charge in [0.05, 0.1) is 12.0 Å². The van der Waals surface area contributed by atoms with Gasteiger partial charge in [-0.25, -0.2) is 8.42 Å². The molecular weight excluding hydrogens is 376 g/mol. The molecule has 0 spiro atoms. The van der Waals surface area contributed by atoms with Crippen molar-refractivity contribution in [1.29, 1.82) is 0 Å². The van der Waals surface area contributed by atoms with E-state index in [-0.39, 0.29) is 16.8 Å². The molecule has 150 valence electrons. The Hall–Kier alpha value is -2.54. The van der Waals surface area contributed by atoms with E-state index in [1.54, 1.807) is 43.5 Å². The number of hydrogen-bond donors (Lipinski definition) is 2. The van der Waals surface area contributed by atoms with E-state index in [9.17, 15) is 13.2 Å². The number of amides is 1. The smallest absolute Gasteiger partial charge is 0.261 e. The first kappa shape index (κ1) is 20.2. The van der Waals surface area contributed by atoms with Crippen LogP contribution in [0.25, 0.3) is 0 Å². The predicted molar refractivity (Wildman–Crippen MR) is 109 cm³/mol. The molecule has 0 aromatic heterocycles. The van der Waals surface area contributed by atoms with Gasteiger partial charge in [-0.1, -0.05) is 25.8 Å². The molecule has 1 aliphatic rings. The maximum absolute atomic E-state index is 12.7. The minimum atomic E-state index is -3.80. The number of carbonyl (C=O) groups is 1. The first-order valence-electron chi connectivity index (χ1n) is 9.47. The molecule has 2 atom stereocenters. The lowest BCUT2D eigenvalue weighted by molar-refractivity contribution is 0.0910. The van der Waals surface area contributed by atoms with E-state index in [0.29, 0.717) is 22.9 Å². The molecule has 6 nitrogen and oxygen atoms in total. The monoisotopic (exact) mass is 402 g/mol. The van der Waals surface area contributed by atoms with Crippen LogP contribution in [-0.2, 0) is 10.0 Å². The van der Waals surface area contributed by atoms with E-state index >= 15 is 0 Å². The Morgan fingerprint density at radius 1 is 1.07 bits per heavy atom. The third kappa shape index (κ3) is 4.84. The van der Waals surface area contributed by atoms with E-state index in [1.165, 1.54) is 18.6 Å². The van der Waals surface area contributed by atoms with E-state index < -0.39 is 10.0 Å². The van der Waals surface area contributed by atoms with Crippen molar-refractivity contribution in [2.24, 2.45) is 5.92 Å². The average molecular weight is 403 g/mol. The molecule has 0 heterocycles. The zero-order chi connectivity index (χ0) is 20.1. The first-order valence-corrected chi connectivity index (χ1v) is 10.9. The number of hydrogen-bond acceptors (Lipinski definition) is 4. The number of carbonyl (C=O) groups excluding carboxylic acids is 1. The van der Waals surface area contributed by atoms with E-state index in [0.717, 1.165) is 19.3 Å². The van der Waals surface area contributed by atoms with Crippen LogP contribution in [0.3, 0.4) is 0 Å². The van der Waals surface area contributed by atoms with Gasteiger partial charge in [0.2, 0.25) is 0 Å². The number of ether oxygens (including phenoxy) is 1. The summed E-state index contributed by atoms with van der Waals surface area (Å²) < 4.78 is 33.0. The summed E-state index contributed by atoms with van der Waals surface area (Å²) in [4.78, 5) is 12.7. The van der Waals surface area contributed by atoms with Gasteiger partial charge in [0.25, 0.3) is 15.9 Å². The molecule has 2 N–H and O–H groups in total. The second-order valence-electron chi connectivity index (χ2n) is 7.20. The van der Waals surface area contributed by atoms with E-state index in [1.807, 2.05) is 0 Å². The van der Waals surface area contributed by atoms with Crippen LogP contribution in [0.5, 0.6) is 5.75 Å². The molecular formula is C21H26N2O4S. The Balaban J connectivity index is 1.74. The van der Waals surface area contributed by atoms with E-state index in [4.69, 9.17) is 4.74 Å². The fraction of sp³-hybridized carbons (Fsp3) is 0.381. The number of methoxy groups -OCH3 is 1. The molecule has 1 aliphatic carbocycles. The topological polar surface area (TPSA) is 84.5 Å². The quantitative estimate of drug-likeness (QED) is 0.770. The highest BCUT2D eigenvalue weighted by molar-refractivity contribution is 7.92. The molecule has 1 amide bonds. The molecule has 0 saturated heterocycles. The third-order valence-electron chi connectivity index (χ3n) is 5.18. The normalized spacial score (nSPS) is 19.6. The van der Waals surface area contributed by atoms with E-state index in [2.05, 4.69) is 17.0 Å². The maximum atomic E-state index is 12.7. The van der Waals surface area contributed by atoms with Gasteiger partial charge in [0.15, 0.2) is 0 Å². The molecule has 0 unspecified atom stereocenters. The number of sulfonamides is 1. The van der Waals surface area contributed by atoms with Crippen LogP contribution in [0.1, 0.15) is 43.0 Å². The second-order valence-corrected chi connectivity index (χ2v) is 8.89. The largest absolute Gasteiger partial charge is 0.497 e. The van der Waals surface area contributed by atoms with Gasteiger partial charge in [-0.2, -0.15) is 0 Å². The molecule has 1 fully saturated rings. The Kier molecular flexibility index (Phi) is 6.24. The lowest BCUT2D eigenvalue weighted by Gasteiger charge is -2.29. The highest BCUT2D eigenvalue weighted by atomic mass is 32.2. The number of benzene rings is 2. The summed E-state index contributed by atoms with van der Waals surface area (Å²) in [6.07, 6.45) is 4.36. The number of rotatable bonds is 6. The first-order chi connectivity index (χ1) is 13.4. The fourth-order valence-electron chi connectivity index (χ4n) is 3.46. The Bertz CT molecular complexity index is 926. The van der Waals surface area contributed by atoms with Crippen molar-refractivity contribution in [1.82, 2.24) is 5.32 Å². The summed E-state index contributed by atoms with van der Waals surface area (Å²) in [6.45, 7) is 2.14. The molecule has 2 aromatic carbocycles. The van der Waals surface area contributed by atoms with Crippen LogP contribution < -0.4 is 14.8 Å². The third-order valence-corrected chi connectivity index (χ3v) is 6.56. The highest BCUT2D eigenvalue weighted by Gasteiger charge is 2.24. The summed E-state index contributed by atoms with van der Waals surface area (Å²) in [6, 6.07) is 12.8. The van der Waals surface area contributed by atoms with Crippen LogP contribution in [0.2, 0.25) is 0 Å². The van der Waals surface area contributed by atoms with Crippen molar-refractivity contribution in [3.63, 3.8) is 0 Å². The Labute approximate surface area is 166 Å². The molecule has 7 heteroatoms. The van der Waals surface area contributed by atoms with Crippen molar-refractivity contribution < 1.29 is 17.9 Å². The number of nitrogens with one attached hydrogen (secondary N) is 2. The van der Waals surface area contributed by atoms with Crippen molar-refractivity contribution in [3.05, 3.63) is 54.1 Å². The van der Waals surface area contributed by atoms with Gasteiger partial charge in [0.1, 0.15) is 5.75 Å². The predicted octanol–water partition coefficient (Wildman–Crippen LogP) is 3.80. The zero-order valence-corrected chi connectivity index (χ0v) is 17.0. The molecule has 0 aliphatic heterocycles. The summed E-state index contributed by atoms with van der Waals surface area (Å²) in [5.41, 5.74) is 0.766. The van der Waals surface area contributed by atoms with Crippen molar-refractivity contribution in [3.8, 4) is 5.75 Å². The van der Waals surface area contributed by atoms with Crippen LogP contribution in [0.4, 0.5) is 5.69 Å². The maximum Gasteiger partial charge on any atom is 0.261 e. The fourth-order valence-corrected chi connectivity index (χ4v) is 4.56. The van der Waals surface area contributed by atoms with Crippen LogP contribution in [0.15, 0.2) is 53.4 Å². The molecule has 0 bridgehead atoms. The van der Waals surface area contributed by atoms with Gasteiger partial charge in [-0.05, 0) is 61.2 Å². The van der Waals surface area contributed by atoms with Gasteiger partial charge in [-0.3, -0.25) is 9.52 Å². The van der Waals surface area contributed by atoms with Crippen molar-refractivity contribution in [2.75, 3.05) is 11.8 Å². The second kappa shape index (κ2) is 8.65. The van der Waals surface area contributed by atoms with Crippen molar-refractivity contribution in [2.45, 2.75) is 43.5 Å². The highest BCUT2D eigenvalue weighted by Crippen LogP contribution is 2.24. The molecule has 1 saturated carbocycles. The van der Waals surface area contributed by atoms with Gasteiger partial charge in [0, 0.05) is 17.3 Å². The van der Waals surface area contributed by atoms with Crippen LogP contribution in [0, 0.1) is 5.92 Å². The lowest BCUT2D eigenvalue weighted by atomic mass is 9.86. The van der Waals surface area contributed by atoms with Crippen LogP contribution in [-0.4, -0.2) is 27.5 Å². The number of anilines is 1. The van der Waals surface area contributed by atoms with Gasteiger partial charge >= 0.3 is 0 Å². The van der Waals surface area contributed by atoms with Gasteiger partial charge < -0.3 is 10.1 Å². The summed E-state index contributed by atoms with van der Waals surface area (Å²) in [5, 5.41) is 3.06. The molecule has 2 aromatic rings. The molecule has 28 heavy (non-hydrogen) atoms. The standard InChI is InChI=1S/C21H26N2O4S/c1-15-6-3-4-9-20(15)22-21(24)16-7-5-8-19(14-16)28(25,26)23-17-10-12-18(27-2)13-11-17/h5,7-8,10-15,20,23H,3-4,6,9H2,1-2H3,(H,22,24)/t15-,20-/m1/s1. The molecule has 3 rings (SSSR count). The zero-order valence-electron chi connectivity index (χ0n) is 16.1. The summed E-state index contributed by atoms with van der Waals surface area (Å²) in [7, 11) is -2.26. The minimum absolute atomic E-state index is 0.0488. The van der Waals surface area contributed by atoms with Crippen LogP contribution >= 0.6 is 0 Å². The summed E-state index contributed by atoms with van der Waals surface area (Å²) >= 11 is 0. The SMILES string of the molecule is COc1ccc(NS(=O)(=O)c2cccc(C(=O)N[C@@H]3CCCC[C@H]3C)c2)cc1.